The Kier molecular flexibility index (Phi) is 7.52. The number of carbonyl (C=O) groups excluding carboxylic acids is 3. The van der Waals surface area contributed by atoms with Gasteiger partial charge in [-0.25, -0.2) is 0 Å². The number of rotatable bonds is 11. The van der Waals surface area contributed by atoms with E-state index in [9.17, 15) is 14.4 Å². The summed E-state index contributed by atoms with van der Waals surface area (Å²) >= 11 is 0. The molecule has 162 valence electrons. The van der Waals surface area contributed by atoms with Crippen LogP contribution in [0.1, 0.15) is 38.4 Å². The number of nitrogens with zero attached hydrogens (tertiary/aromatic N) is 5. The lowest BCUT2D eigenvalue weighted by atomic mass is 10.3. The molecule has 0 spiro atoms. The van der Waals surface area contributed by atoms with Gasteiger partial charge in [0.25, 0.3) is 0 Å². The van der Waals surface area contributed by atoms with Crippen LogP contribution in [0.15, 0.2) is 12.1 Å². The molecule has 3 rings (SSSR count). The van der Waals surface area contributed by atoms with Gasteiger partial charge < -0.3 is 20.3 Å². The van der Waals surface area contributed by atoms with Gasteiger partial charge in [0.2, 0.25) is 11.8 Å². The molecule has 11 nitrogen and oxygen atoms in total. The van der Waals surface area contributed by atoms with Crippen molar-refractivity contribution in [2.75, 3.05) is 38.1 Å². The third-order valence-corrected chi connectivity index (χ3v) is 4.72. The van der Waals surface area contributed by atoms with Crippen LogP contribution in [0.4, 0.5) is 5.82 Å². The number of carbonyl (C=O) groups is 3. The summed E-state index contributed by atoms with van der Waals surface area (Å²) in [7, 11) is 0. The van der Waals surface area contributed by atoms with Gasteiger partial charge in [0, 0.05) is 38.9 Å². The lowest BCUT2D eigenvalue weighted by Crippen LogP contribution is -2.30. The zero-order valence-electron chi connectivity index (χ0n) is 17.1. The van der Waals surface area contributed by atoms with Crippen molar-refractivity contribution >= 4 is 29.2 Å². The van der Waals surface area contributed by atoms with Crippen molar-refractivity contribution < 1.29 is 19.1 Å². The van der Waals surface area contributed by atoms with E-state index >= 15 is 0 Å². The average molecular weight is 417 g/mol. The van der Waals surface area contributed by atoms with Crippen molar-refractivity contribution in [2.24, 2.45) is 0 Å². The first-order valence-corrected chi connectivity index (χ1v) is 10.2. The average Bonchev–Trinajstić information content (AvgIpc) is 3.34. The SMILES string of the molecule is CCOC(=O)CNC(=O)CCc1nnc2ccc(NCCCN3CCCC3=O)nn12. The first-order chi connectivity index (χ1) is 14.6. The first-order valence-electron chi connectivity index (χ1n) is 10.2. The standard InChI is InChI=1S/C19H27N7O4/c1-2-30-19(29)13-21-17(27)9-8-16-23-22-15-7-6-14(24-26(15)16)20-10-4-12-25-11-3-5-18(25)28/h6-7H,2-5,8-13H2,1H3,(H,20,24)(H,21,27). The van der Waals surface area contributed by atoms with Gasteiger partial charge in [0.15, 0.2) is 11.5 Å². The highest BCUT2D eigenvalue weighted by atomic mass is 16.5. The van der Waals surface area contributed by atoms with Gasteiger partial charge in [-0.3, -0.25) is 14.4 Å². The summed E-state index contributed by atoms with van der Waals surface area (Å²) in [6.45, 7) is 4.12. The number of fused-ring (bicyclic) bond motifs is 1. The Hall–Kier alpha value is -3.24. The molecule has 0 aliphatic carbocycles. The summed E-state index contributed by atoms with van der Waals surface area (Å²) in [5.41, 5.74) is 0.588. The van der Waals surface area contributed by atoms with Gasteiger partial charge >= 0.3 is 5.97 Å². The van der Waals surface area contributed by atoms with Crippen LogP contribution in [0.5, 0.6) is 0 Å². The van der Waals surface area contributed by atoms with Crippen LogP contribution in [0.2, 0.25) is 0 Å². The molecule has 3 heterocycles. The van der Waals surface area contributed by atoms with Crippen LogP contribution in [-0.2, 0) is 25.5 Å². The highest BCUT2D eigenvalue weighted by molar-refractivity contribution is 5.82. The Morgan fingerprint density at radius 3 is 2.90 bits per heavy atom. The molecule has 11 heteroatoms. The maximum absolute atomic E-state index is 11.9. The largest absolute Gasteiger partial charge is 0.465 e. The quantitative estimate of drug-likeness (QED) is 0.391. The summed E-state index contributed by atoms with van der Waals surface area (Å²) in [4.78, 5) is 36.7. The molecule has 0 radical (unpaired) electrons. The van der Waals surface area contributed by atoms with Crippen molar-refractivity contribution in [3.8, 4) is 0 Å². The van der Waals surface area contributed by atoms with E-state index in [0.717, 1.165) is 25.9 Å². The number of likely N-dealkylation sites (tertiary alicyclic amines) is 1. The number of esters is 1. The minimum absolute atomic E-state index is 0.150. The number of ether oxygens (including phenoxy) is 1. The van der Waals surface area contributed by atoms with E-state index in [4.69, 9.17) is 4.74 Å². The highest BCUT2D eigenvalue weighted by Gasteiger charge is 2.19. The molecule has 1 aliphatic rings. The Morgan fingerprint density at radius 2 is 2.13 bits per heavy atom. The van der Waals surface area contributed by atoms with E-state index in [2.05, 4.69) is 25.9 Å². The maximum atomic E-state index is 11.9. The molecule has 2 aromatic heterocycles. The van der Waals surface area contributed by atoms with Crippen molar-refractivity contribution in [3.05, 3.63) is 18.0 Å². The molecular weight excluding hydrogens is 390 g/mol. The molecule has 2 N–H and O–H groups in total. The molecule has 1 fully saturated rings. The van der Waals surface area contributed by atoms with Crippen molar-refractivity contribution in [1.29, 1.82) is 0 Å². The lowest BCUT2D eigenvalue weighted by Gasteiger charge is -2.15. The van der Waals surface area contributed by atoms with Gasteiger partial charge in [-0.15, -0.1) is 15.3 Å². The Labute approximate surface area is 174 Å². The van der Waals surface area contributed by atoms with E-state index in [-0.39, 0.29) is 31.4 Å². The van der Waals surface area contributed by atoms with E-state index in [1.807, 2.05) is 11.0 Å². The fraction of sp³-hybridized carbons (Fsp3) is 0.579. The second-order valence-corrected chi connectivity index (χ2v) is 6.95. The monoisotopic (exact) mass is 417 g/mol. The van der Waals surface area contributed by atoms with Crippen LogP contribution >= 0.6 is 0 Å². The summed E-state index contributed by atoms with van der Waals surface area (Å²) in [6.07, 6.45) is 2.93. The Balaban J connectivity index is 1.47. The van der Waals surface area contributed by atoms with E-state index in [0.29, 0.717) is 36.7 Å². The van der Waals surface area contributed by atoms with E-state index < -0.39 is 5.97 Å². The number of aryl methyl sites for hydroxylation is 1. The molecule has 0 aromatic carbocycles. The second-order valence-electron chi connectivity index (χ2n) is 6.95. The summed E-state index contributed by atoms with van der Waals surface area (Å²) in [6, 6.07) is 3.62. The molecule has 0 atom stereocenters. The molecule has 30 heavy (non-hydrogen) atoms. The summed E-state index contributed by atoms with van der Waals surface area (Å²) in [5, 5.41) is 18.4. The minimum Gasteiger partial charge on any atom is -0.465 e. The lowest BCUT2D eigenvalue weighted by molar-refractivity contribution is -0.143. The topological polar surface area (TPSA) is 131 Å². The van der Waals surface area contributed by atoms with Gasteiger partial charge in [-0.1, -0.05) is 0 Å². The number of hydrogen-bond acceptors (Lipinski definition) is 8. The molecule has 1 aliphatic heterocycles. The molecule has 0 saturated carbocycles. The van der Waals surface area contributed by atoms with E-state index in [1.54, 1.807) is 17.5 Å². The number of anilines is 1. The molecular formula is C19H27N7O4. The Bertz CT molecular complexity index is 898. The highest BCUT2D eigenvalue weighted by Crippen LogP contribution is 2.11. The number of aromatic nitrogens is 4. The van der Waals surface area contributed by atoms with Crippen molar-refractivity contribution in [1.82, 2.24) is 30.0 Å². The fourth-order valence-corrected chi connectivity index (χ4v) is 3.21. The molecule has 0 bridgehead atoms. The molecule has 2 aromatic rings. The smallest absolute Gasteiger partial charge is 0.325 e. The molecule has 2 amide bonds. The number of nitrogens with one attached hydrogen (secondary N) is 2. The number of hydrogen-bond donors (Lipinski definition) is 2. The van der Waals surface area contributed by atoms with Gasteiger partial charge in [0.1, 0.15) is 12.4 Å². The summed E-state index contributed by atoms with van der Waals surface area (Å²) < 4.78 is 6.37. The van der Waals surface area contributed by atoms with Crippen molar-refractivity contribution in [3.63, 3.8) is 0 Å². The van der Waals surface area contributed by atoms with Crippen molar-refractivity contribution in [2.45, 2.75) is 39.0 Å². The molecule has 0 unspecified atom stereocenters. The van der Waals surface area contributed by atoms with Crippen LogP contribution < -0.4 is 10.6 Å². The van der Waals surface area contributed by atoms with Crippen LogP contribution in [0.25, 0.3) is 5.65 Å². The maximum Gasteiger partial charge on any atom is 0.325 e. The van der Waals surface area contributed by atoms with E-state index in [1.165, 1.54) is 0 Å². The van der Waals surface area contributed by atoms with Crippen LogP contribution in [0, 0.1) is 0 Å². The van der Waals surface area contributed by atoms with Gasteiger partial charge in [-0.05, 0) is 31.9 Å². The van der Waals surface area contributed by atoms with Crippen LogP contribution in [-0.4, -0.2) is 75.3 Å². The Morgan fingerprint density at radius 1 is 1.27 bits per heavy atom. The first kappa shape index (κ1) is 21.5. The summed E-state index contributed by atoms with van der Waals surface area (Å²) in [5.74, 6) is 0.719. The zero-order valence-corrected chi connectivity index (χ0v) is 17.1. The second kappa shape index (κ2) is 10.5. The van der Waals surface area contributed by atoms with Gasteiger partial charge in [0.05, 0.1) is 6.61 Å². The fourth-order valence-electron chi connectivity index (χ4n) is 3.21. The molecule has 1 saturated heterocycles. The predicted octanol–water partition coefficient (Wildman–Crippen LogP) is 0.161. The van der Waals surface area contributed by atoms with Gasteiger partial charge in [-0.2, -0.15) is 4.52 Å². The number of amides is 2. The minimum atomic E-state index is -0.467. The predicted molar refractivity (Wildman–Crippen MR) is 108 cm³/mol. The zero-order chi connectivity index (χ0) is 21.3. The normalized spacial score (nSPS) is 13.6. The third kappa shape index (κ3) is 5.88. The van der Waals surface area contributed by atoms with Crippen LogP contribution in [0.3, 0.4) is 0 Å². The third-order valence-electron chi connectivity index (χ3n) is 4.72.